The van der Waals surface area contributed by atoms with Crippen LogP contribution in [-0.2, 0) is 14.3 Å². The van der Waals surface area contributed by atoms with E-state index in [1.807, 2.05) is 36.4 Å². The van der Waals surface area contributed by atoms with Crippen LogP contribution in [0.3, 0.4) is 0 Å². The largest absolute Gasteiger partial charge is 0.481 e. The van der Waals surface area contributed by atoms with Gasteiger partial charge in [0.05, 0.1) is 12.0 Å². The molecule has 2 N–H and O–H groups in total. The van der Waals surface area contributed by atoms with Gasteiger partial charge in [-0.15, -0.1) is 0 Å². The molecule has 0 saturated carbocycles. The van der Waals surface area contributed by atoms with Crippen LogP contribution in [0.1, 0.15) is 49.1 Å². The SMILES string of the molecule is N#CCCCC(NC(=O)OCC1c2ccccc2-c2ccccc21)C(=O)N1CCC(C(=O)O)CC1. The molecule has 1 fully saturated rings. The number of hydrogen-bond acceptors (Lipinski definition) is 5. The lowest BCUT2D eigenvalue weighted by atomic mass is 9.96. The summed E-state index contributed by atoms with van der Waals surface area (Å²) < 4.78 is 5.60. The Kier molecular flexibility index (Phi) is 7.66. The monoisotopic (exact) mass is 475 g/mol. The van der Waals surface area contributed by atoms with E-state index in [-0.39, 0.29) is 24.9 Å². The van der Waals surface area contributed by atoms with Gasteiger partial charge in [-0.25, -0.2) is 4.79 Å². The molecule has 1 saturated heterocycles. The smallest absolute Gasteiger partial charge is 0.407 e. The first-order valence-electron chi connectivity index (χ1n) is 12.0. The summed E-state index contributed by atoms with van der Waals surface area (Å²) in [7, 11) is 0. The highest BCUT2D eigenvalue weighted by atomic mass is 16.5. The fourth-order valence-electron chi connectivity index (χ4n) is 4.99. The molecule has 2 amide bonds. The maximum absolute atomic E-state index is 13.1. The molecule has 1 aliphatic heterocycles. The maximum atomic E-state index is 13.1. The Bertz CT molecular complexity index is 1090. The molecule has 0 bridgehead atoms. The first kappa shape index (κ1) is 24.3. The van der Waals surface area contributed by atoms with Gasteiger partial charge in [-0.3, -0.25) is 9.59 Å². The second-order valence-electron chi connectivity index (χ2n) is 9.01. The van der Waals surface area contributed by atoms with Gasteiger partial charge in [0, 0.05) is 25.4 Å². The third kappa shape index (κ3) is 5.46. The third-order valence-electron chi connectivity index (χ3n) is 6.87. The lowest BCUT2D eigenvalue weighted by Gasteiger charge is -2.33. The zero-order valence-electron chi connectivity index (χ0n) is 19.5. The van der Waals surface area contributed by atoms with Gasteiger partial charge in [-0.2, -0.15) is 5.26 Å². The summed E-state index contributed by atoms with van der Waals surface area (Å²) in [6.45, 7) is 0.802. The number of fused-ring (bicyclic) bond motifs is 3. The summed E-state index contributed by atoms with van der Waals surface area (Å²) in [5.74, 6) is -1.65. The van der Waals surface area contributed by atoms with Gasteiger partial charge in [0.1, 0.15) is 12.6 Å². The van der Waals surface area contributed by atoms with Crippen molar-refractivity contribution in [2.24, 2.45) is 5.92 Å². The number of benzene rings is 2. The van der Waals surface area contributed by atoms with Gasteiger partial charge < -0.3 is 20.1 Å². The second-order valence-corrected chi connectivity index (χ2v) is 9.01. The molecule has 1 unspecified atom stereocenters. The number of aliphatic carboxylic acids is 1. The Balaban J connectivity index is 1.39. The highest BCUT2D eigenvalue weighted by Crippen LogP contribution is 2.44. The maximum Gasteiger partial charge on any atom is 0.407 e. The van der Waals surface area contributed by atoms with E-state index in [0.717, 1.165) is 22.3 Å². The van der Waals surface area contributed by atoms with Crippen molar-refractivity contribution in [2.45, 2.75) is 44.1 Å². The Hall–Kier alpha value is -3.86. The molecular formula is C27H29N3O5. The van der Waals surface area contributed by atoms with Crippen molar-refractivity contribution in [3.8, 4) is 17.2 Å². The molecule has 4 rings (SSSR count). The second kappa shape index (κ2) is 11.0. The lowest BCUT2D eigenvalue weighted by Crippen LogP contribution is -2.51. The number of ether oxygens (including phenoxy) is 1. The number of amides is 2. The van der Waals surface area contributed by atoms with Crippen molar-refractivity contribution in [1.82, 2.24) is 10.2 Å². The number of hydrogen-bond donors (Lipinski definition) is 2. The van der Waals surface area contributed by atoms with Crippen molar-refractivity contribution in [3.05, 3.63) is 59.7 Å². The molecule has 0 spiro atoms. The van der Waals surface area contributed by atoms with Crippen LogP contribution in [0, 0.1) is 17.2 Å². The van der Waals surface area contributed by atoms with Crippen LogP contribution in [0.25, 0.3) is 11.1 Å². The van der Waals surface area contributed by atoms with Gasteiger partial charge >= 0.3 is 12.1 Å². The van der Waals surface area contributed by atoms with E-state index < -0.39 is 24.0 Å². The quantitative estimate of drug-likeness (QED) is 0.559. The Morgan fingerprint density at radius 2 is 1.66 bits per heavy atom. The van der Waals surface area contributed by atoms with Crippen LogP contribution in [0.15, 0.2) is 48.5 Å². The highest BCUT2D eigenvalue weighted by Gasteiger charge is 2.33. The molecule has 182 valence electrons. The van der Waals surface area contributed by atoms with E-state index in [9.17, 15) is 19.5 Å². The highest BCUT2D eigenvalue weighted by molar-refractivity contribution is 5.86. The van der Waals surface area contributed by atoms with Crippen molar-refractivity contribution in [3.63, 3.8) is 0 Å². The normalized spacial score (nSPS) is 16.0. The number of carbonyl (C=O) groups excluding carboxylic acids is 2. The van der Waals surface area contributed by atoms with E-state index in [1.165, 1.54) is 0 Å². The van der Waals surface area contributed by atoms with Crippen LogP contribution >= 0.6 is 0 Å². The molecule has 8 heteroatoms. The predicted octanol–water partition coefficient (Wildman–Crippen LogP) is 3.91. The summed E-state index contributed by atoms with van der Waals surface area (Å²) in [6, 6.07) is 17.4. The number of unbranched alkanes of at least 4 members (excludes halogenated alkanes) is 1. The number of rotatable bonds is 8. The molecule has 1 aliphatic carbocycles. The zero-order valence-corrected chi connectivity index (χ0v) is 19.5. The Morgan fingerprint density at radius 3 is 2.23 bits per heavy atom. The van der Waals surface area contributed by atoms with Crippen molar-refractivity contribution in [2.75, 3.05) is 19.7 Å². The standard InChI is InChI=1S/C27H29N3O5/c28-14-6-5-11-24(25(31)30-15-12-18(13-16-30)26(32)33)29-27(34)35-17-23-21-9-3-1-7-19(21)20-8-2-4-10-22(20)23/h1-4,7-10,18,23-24H,5-6,11-13,15-17H2,(H,29,34)(H,32,33). The van der Waals surface area contributed by atoms with Crippen LogP contribution in [0.2, 0.25) is 0 Å². The fraction of sp³-hybridized carbons (Fsp3) is 0.407. The van der Waals surface area contributed by atoms with Crippen molar-refractivity contribution >= 4 is 18.0 Å². The van der Waals surface area contributed by atoms with Crippen molar-refractivity contribution < 1.29 is 24.2 Å². The van der Waals surface area contributed by atoms with Crippen LogP contribution in [0.4, 0.5) is 4.79 Å². The molecular weight excluding hydrogens is 446 g/mol. The molecule has 8 nitrogen and oxygen atoms in total. The predicted molar refractivity (Wildman–Crippen MR) is 128 cm³/mol. The number of nitriles is 1. The number of piperidine rings is 1. The summed E-state index contributed by atoms with van der Waals surface area (Å²) in [5, 5.41) is 20.8. The number of alkyl carbamates (subject to hydrolysis) is 1. The van der Waals surface area contributed by atoms with Gasteiger partial charge in [0.2, 0.25) is 5.91 Å². The molecule has 35 heavy (non-hydrogen) atoms. The zero-order chi connectivity index (χ0) is 24.8. The van der Waals surface area contributed by atoms with Crippen LogP contribution < -0.4 is 5.32 Å². The average molecular weight is 476 g/mol. The molecule has 0 radical (unpaired) electrons. The molecule has 2 aromatic rings. The minimum absolute atomic E-state index is 0.0871. The first-order valence-corrected chi connectivity index (χ1v) is 12.0. The molecule has 2 aromatic carbocycles. The Labute approximate surface area is 204 Å². The summed E-state index contributed by atoms with van der Waals surface area (Å²) in [6.07, 6.45) is 1.14. The molecule has 0 aromatic heterocycles. The van der Waals surface area contributed by atoms with Crippen LogP contribution in [-0.4, -0.2) is 53.7 Å². The minimum Gasteiger partial charge on any atom is -0.481 e. The number of carboxylic acid groups (broad SMARTS) is 1. The fourth-order valence-corrected chi connectivity index (χ4v) is 4.99. The third-order valence-corrected chi connectivity index (χ3v) is 6.87. The van der Waals surface area contributed by atoms with Gasteiger partial charge in [0.15, 0.2) is 0 Å². The number of carboxylic acids is 1. The first-order chi connectivity index (χ1) is 17.0. The minimum atomic E-state index is -0.848. The van der Waals surface area contributed by atoms with E-state index in [4.69, 9.17) is 10.00 Å². The molecule has 2 aliphatic rings. The van der Waals surface area contributed by atoms with Crippen LogP contribution in [0.5, 0.6) is 0 Å². The summed E-state index contributed by atoms with van der Waals surface area (Å²) >= 11 is 0. The van der Waals surface area contributed by atoms with E-state index in [0.29, 0.717) is 38.8 Å². The summed E-state index contributed by atoms with van der Waals surface area (Å²) in [4.78, 5) is 38.7. The lowest BCUT2D eigenvalue weighted by molar-refractivity contribution is -0.146. The van der Waals surface area contributed by atoms with E-state index >= 15 is 0 Å². The van der Waals surface area contributed by atoms with E-state index in [2.05, 4.69) is 23.5 Å². The van der Waals surface area contributed by atoms with Gasteiger partial charge in [-0.1, -0.05) is 48.5 Å². The van der Waals surface area contributed by atoms with Gasteiger partial charge in [0.25, 0.3) is 0 Å². The average Bonchev–Trinajstić information content (AvgIpc) is 3.20. The number of nitrogens with one attached hydrogen (secondary N) is 1. The molecule has 1 atom stereocenters. The van der Waals surface area contributed by atoms with E-state index in [1.54, 1.807) is 4.90 Å². The molecule has 1 heterocycles. The number of nitrogens with zero attached hydrogens (tertiary/aromatic N) is 2. The van der Waals surface area contributed by atoms with Gasteiger partial charge in [-0.05, 0) is 47.9 Å². The number of likely N-dealkylation sites (tertiary alicyclic amines) is 1. The Morgan fingerprint density at radius 1 is 1.06 bits per heavy atom. The topological polar surface area (TPSA) is 120 Å². The van der Waals surface area contributed by atoms with Crippen molar-refractivity contribution in [1.29, 1.82) is 5.26 Å². The number of carbonyl (C=O) groups is 3. The summed E-state index contributed by atoms with van der Waals surface area (Å²) in [5.41, 5.74) is 4.46.